The second-order valence-electron chi connectivity index (χ2n) is 7.54. The maximum atomic E-state index is 4.75. The van der Waals surface area contributed by atoms with Gasteiger partial charge >= 0.3 is 0 Å². The minimum absolute atomic E-state index is 0.0659. The van der Waals surface area contributed by atoms with E-state index in [0.29, 0.717) is 17.4 Å². The molecule has 0 aromatic carbocycles. The number of nitrogens with one attached hydrogen (secondary N) is 1. The van der Waals surface area contributed by atoms with E-state index < -0.39 is 0 Å². The monoisotopic (exact) mass is 277 g/mol. The SMILES string of the molecule is CCNC1CC(c2cn(C(C)(C)C)nc2C)C1(C)CC. The number of nitrogens with zero attached hydrogens (tertiary/aromatic N) is 2. The maximum Gasteiger partial charge on any atom is 0.0628 e. The Morgan fingerprint density at radius 3 is 2.50 bits per heavy atom. The summed E-state index contributed by atoms with van der Waals surface area (Å²) < 4.78 is 2.13. The van der Waals surface area contributed by atoms with Crippen molar-refractivity contribution in [3.63, 3.8) is 0 Å². The van der Waals surface area contributed by atoms with Crippen molar-refractivity contribution in [2.75, 3.05) is 6.54 Å². The predicted octanol–water partition coefficient (Wildman–Crippen LogP) is 3.83. The van der Waals surface area contributed by atoms with E-state index in [1.165, 1.54) is 24.1 Å². The van der Waals surface area contributed by atoms with Gasteiger partial charge in [-0.3, -0.25) is 4.68 Å². The van der Waals surface area contributed by atoms with E-state index >= 15 is 0 Å². The molecule has 1 N–H and O–H groups in total. The van der Waals surface area contributed by atoms with Crippen LogP contribution < -0.4 is 5.32 Å². The zero-order chi connectivity index (χ0) is 15.1. The van der Waals surface area contributed by atoms with Crippen LogP contribution in [0.5, 0.6) is 0 Å². The smallest absolute Gasteiger partial charge is 0.0628 e. The highest BCUT2D eigenvalue weighted by molar-refractivity contribution is 5.29. The van der Waals surface area contributed by atoms with Crippen molar-refractivity contribution in [3.8, 4) is 0 Å². The summed E-state index contributed by atoms with van der Waals surface area (Å²) in [6.07, 6.45) is 4.75. The summed E-state index contributed by atoms with van der Waals surface area (Å²) in [5.41, 5.74) is 3.10. The van der Waals surface area contributed by atoms with Crippen LogP contribution in [0.2, 0.25) is 0 Å². The lowest BCUT2D eigenvalue weighted by atomic mass is 9.54. The lowest BCUT2D eigenvalue weighted by Crippen LogP contribution is -2.56. The van der Waals surface area contributed by atoms with Gasteiger partial charge in [0.25, 0.3) is 0 Å². The average molecular weight is 277 g/mol. The molecule has 1 fully saturated rings. The lowest BCUT2D eigenvalue weighted by molar-refractivity contribution is 0.0451. The predicted molar refractivity (Wildman–Crippen MR) is 85.2 cm³/mol. The van der Waals surface area contributed by atoms with Crippen molar-refractivity contribution in [1.29, 1.82) is 0 Å². The number of rotatable bonds is 4. The van der Waals surface area contributed by atoms with E-state index in [2.05, 4.69) is 64.7 Å². The first-order valence-corrected chi connectivity index (χ1v) is 8.04. The first-order chi connectivity index (χ1) is 9.24. The van der Waals surface area contributed by atoms with Gasteiger partial charge in [-0.2, -0.15) is 5.10 Å². The van der Waals surface area contributed by atoms with Crippen LogP contribution in [0.4, 0.5) is 0 Å². The fraction of sp³-hybridized carbons (Fsp3) is 0.824. The van der Waals surface area contributed by atoms with Crippen LogP contribution in [0.3, 0.4) is 0 Å². The minimum Gasteiger partial charge on any atom is -0.314 e. The van der Waals surface area contributed by atoms with Gasteiger partial charge in [-0.15, -0.1) is 0 Å². The Bertz CT molecular complexity index is 469. The van der Waals surface area contributed by atoms with Crippen LogP contribution in [-0.4, -0.2) is 22.4 Å². The lowest BCUT2D eigenvalue weighted by Gasteiger charge is -2.54. The molecule has 1 aromatic heterocycles. The van der Waals surface area contributed by atoms with E-state index in [-0.39, 0.29) is 5.54 Å². The Kier molecular flexibility index (Phi) is 4.03. The second-order valence-corrected chi connectivity index (χ2v) is 7.54. The standard InChI is InChI=1S/C17H31N3/c1-8-17(7)14(10-15(17)18-9-2)13-11-20(16(4,5)6)19-12(13)3/h11,14-15,18H,8-10H2,1-7H3. The van der Waals surface area contributed by atoms with Crippen molar-refractivity contribution < 1.29 is 0 Å². The molecule has 0 aliphatic heterocycles. The largest absolute Gasteiger partial charge is 0.314 e. The normalized spacial score (nSPS) is 30.4. The second kappa shape index (κ2) is 5.18. The van der Waals surface area contributed by atoms with Gasteiger partial charge in [-0.05, 0) is 64.0 Å². The Labute approximate surface area is 124 Å². The van der Waals surface area contributed by atoms with Gasteiger partial charge in [0, 0.05) is 12.2 Å². The molecule has 1 aliphatic rings. The maximum absolute atomic E-state index is 4.75. The Morgan fingerprint density at radius 1 is 1.40 bits per heavy atom. The van der Waals surface area contributed by atoms with Gasteiger partial charge < -0.3 is 5.32 Å². The highest BCUT2D eigenvalue weighted by atomic mass is 15.3. The van der Waals surface area contributed by atoms with E-state index in [4.69, 9.17) is 5.10 Å². The molecule has 1 aliphatic carbocycles. The van der Waals surface area contributed by atoms with Gasteiger partial charge in [0.05, 0.1) is 11.2 Å². The van der Waals surface area contributed by atoms with Crippen molar-refractivity contribution >= 4 is 0 Å². The third-order valence-electron chi connectivity index (χ3n) is 5.28. The van der Waals surface area contributed by atoms with Crippen LogP contribution in [0.15, 0.2) is 6.20 Å². The van der Waals surface area contributed by atoms with E-state index in [1.807, 2.05) is 0 Å². The molecular weight excluding hydrogens is 246 g/mol. The zero-order valence-electron chi connectivity index (χ0n) is 14.2. The Balaban J connectivity index is 2.27. The van der Waals surface area contributed by atoms with Crippen molar-refractivity contribution in [2.24, 2.45) is 5.41 Å². The van der Waals surface area contributed by atoms with Crippen LogP contribution in [0.1, 0.15) is 71.6 Å². The fourth-order valence-electron chi connectivity index (χ4n) is 3.55. The first kappa shape index (κ1) is 15.6. The Morgan fingerprint density at radius 2 is 2.05 bits per heavy atom. The molecule has 0 amide bonds. The average Bonchev–Trinajstić information content (AvgIpc) is 2.74. The molecule has 0 bridgehead atoms. The van der Waals surface area contributed by atoms with Crippen molar-refractivity contribution in [2.45, 2.75) is 78.8 Å². The molecule has 3 unspecified atom stereocenters. The van der Waals surface area contributed by atoms with Crippen LogP contribution in [-0.2, 0) is 5.54 Å². The van der Waals surface area contributed by atoms with Crippen molar-refractivity contribution in [1.82, 2.24) is 15.1 Å². The summed E-state index contributed by atoms with van der Waals surface area (Å²) in [5.74, 6) is 0.646. The molecule has 114 valence electrons. The molecule has 20 heavy (non-hydrogen) atoms. The molecule has 3 nitrogen and oxygen atoms in total. The van der Waals surface area contributed by atoms with Gasteiger partial charge in [-0.1, -0.05) is 20.8 Å². The van der Waals surface area contributed by atoms with Gasteiger partial charge in [0.15, 0.2) is 0 Å². The topological polar surface area (TPSA) is 29.9 Å². The number of aryl methyl sites for hydroxylation is 1. The molecule has 0 radical (unpaired) electrons. The number of hydrogen-bond acceptors (Lipinski definition) is 2. The summed E-state index contributed by atoms with van der Waals surface area (Å²) in [7, 11) is 0. The van der Waals surface area contributed by atoms with E-state index in [9.17, 15) is 0 Å². The van der Waals surface area contributed by atoms with Crippen LogP contribution >= 0.6 is 0 Å². The fourth-order valence-corrected chi connectivity index (χ4v) is 3.55. The van der Waals surface area contributed by atoms with E-state index in [0.717, 1.165) is 6.54 Å². The molecule has 3 atom stereocenters. The van der Waals surface area contributed by atoms with Crippen LogP contribution in [0.25, 0.3) is 0 Å². The highest BCUT2D eigenvalue weighted by Gasteiger charge is 2.51. The third kappa shape index (κ3) is 2.41. The molecule has 0 saturated heterocycles. The third-order valence-corrected chi connectivity index (χ3v) is 5.28. The molecule has 1 heterocycles. The van der Waals surface area contributed by atoms with Gasteiger partial charge in [0.2, 0.25) is 0 Å². The number of aromatic nitrogens is 2. The zero-order valence-corrected chi connectivity index (χ0v) is 14.2. The molecule has 1 aromatic rings. The molecule has 1 saturated carbocycles. The summed E-state index contributed by atoms with van der Waals surface area (Å²) in [6, 6.07) is 0.653. The molecular formula is C17H31N3. The van der Waals surface area contributed by atoms with Gasteiger partial charge in [-0.25, -0.2) is 0 Å². The minimum atomic E-state index is 0.0659. The molecule has 0 spiro atoms. The summed E-state index contributed by atoms with van der Waals surface area (Å²) in [4.78, 5) is 0. The molecule has 3 heteroatoms. The highest BCUT2D eigenvalue weighted by Crippen LogP contribution is 2.55. The summed E-state index contributed by atoms with van der Waals surface area (Å²) >= 11 is 0. The quantitative estimate of drug-likeness (QED) is 0.906. The summed E-state index contributed by atoms with van der Waals surface area (Å²) in [5, 5.41) is 8.40. The van der Waals surface area contributed by atoms with Gasteiger partial charge in [0.1, 0.15) is 0 Å². The first-order valence-electron chi connectivity index (χ1n) is 8.04. The van der Waals surface area contributed by atoms with Crippen molar-refractivity contribution in [3.05, 3.63) is 17.5 Å². The van der Waals surface area contributed by atoms with Crippen LogP contribution in [0, 0.1) is 12.3 Å². The Hall–Kier alpha value is -0.830. The summed E-state index contributed by atoms with van der Waals surface area (Å²) in [6.45, 7) is 16.8. The number of hydrogen-bond donors (Lipinski definition) is 1. The van der Waals surface area contributed by atoms with E-state index in [1.54, 1.807) is 0 Å². The molecule has 2 rings (SSSR count).